The molecule has 6 aromatic heterocycles. The van der Waals surface area contributed by atoms with E-state index in [0.29, 0.717) is 75.3 Å². The fourth-order valence-corrected chi connectivity index (χ4v) is 9.72. The predicted molar refractivity (Wildman–Crippen MR) is 245 cm³/mol. The first-order valence-corrected chi connectivity index (χ1v) is 23.5. The molecule has 0 aromatic carbocycles. The van der Waals surface area contributed by atoms with Gasteiger partial charge in [0.15, 0.2) is 11.6 Å². The maximum Gasteiger partial charge on any atom is 0.250 e. The van der Waals surface area contributed by atoms with E-state index in [4.69, 9.17) is 29.1 Å². The van der Waals surface area contributed by atoms with Crippen molar-refractivity contribution in [1.29, 1.82) is 0 Å². The maximum atomic E-state index is 14.4. The Labute approximate surface area is 393 Å². The van der Waals surface area contributed by atoms with Crippen LogP contribution in [0.5, 0.6) is 11.8 Å². The molecule has 0 saturated carbocycles. The molecule has 0 spiro atoms. The smallest absolute Gasteiger partial charge is 0.250 e. The fraction of sp³-hybridized carbons (Fsp3) is 0.500. The zero-order valence-electron chi connectivity index (χ0n) is 39.1. The van der Waals surface area contributed by atoms with E-state index < -0.39 is 11.6 Å². The molecule has 2 fully saturated rings. The van der Waals surface area contributed by atoms with Crippen LogP contribution in [0.2, 0.25) is 0 Å². The summed E-state index contributed by atoms with van der Waals surface area (Å²) in [5.74, 6) is 0.0497. The highest BCUT2D eigenvalue weighted by Gasteiger charge is 2.29. The molecule has 2 amide bonds. The van der Waals surface area contributed by atoms with Gasteiger partial charge in [0.2, 0.25) is 23.6 Å². The van der Waals surface area contributed by atoms with E-state index in [1.165, 1.54) is 26.4 Å². The molecule has 4 aliphatic heterocycles. The third kappa shape index (κ3) is 9.87. The third-order valence-electron chi connectivity index (χ3n) is 13.2. The van der Waals surface area contributed by atoms with Crippen LogP contribution in [0, 0.1) is 23.5 Å². The average molecular weight is 937 g/mol. The van der Waals surface area contributed by atoms with E-state index >= 15 is 0 Å². The van der Waals surface area contributed by atoms with Gasteiger partial charge in [0.1, 0.15) is 0 Å². The summed E-state index contributed by atoms with van der Waals surface area (Å²) < 4.78 is 57.5. The Morgan fingerprint density at radius 1 is 0.647 bits per heavy atom. The van der Waals surface area contributed by atoms with Gasteiger partial charge in [0, 0.05) is 112 Å². The van der Waals surface area contributed by atoms with Crippen molar-refractivity contribution < 1.29 is 37.3 Å². The minimum absolute atomic E-state index is 0.0436. The zero-order chi connectivity index (χ0) is 47.3. The number of methoxy groups -OCH3 is 2. The molecule has 0 N–H and O–H groups in total. The average Bonchev–Trinajstić information content (AvgIpc) is 4.23. The van der Waals surface area contributed by atoms with Gasteiger partial charge in [0.25, 0.3) is 0 Å². The van der Waals surface area contributed by atoms with E-state index in [1.807, 2.05) is 57.8 Å². The highest BCUT2D eigenvalue weighted by molar-refractivity contribution is 5.76. The van der Waals surface area contributed by atoms with Crippen molar-refractivity contribution in [2.24, 2.45) is 11.8 Å². The van der Waals surface area contributed by atoms with E-state index in [0.717, 1.165) is 110 Å². The standard InChI is InChI=1S/2C24H29FN6O3/c2*1-3-22(32)29-7-4-16(13-29)14-30-15-17(11-27-30)23-19-5-8-34-9-6-21(19)31(28-23)18-10-20(25)24(33-2)26-12-18/h2*10-12,15-16H,3-9,13-14H2,1-2H3/t2*16-/m10/s1. The van der Waals surface area contributed by atoms with Crippen molar-refractivity contribution in [3.63, 3.8) is 0 Å². The predicted octanol–water partition coefficient (Wildman–Crippen LogP) is 5.30. The number of likely N-dealkylation sites (tertiary alicyclic amines) is 2. The Hall–Kier alpha value is -6.54. The zero-order valence-corrected chi connectivity index (χ0v) is 39.1. The Morgan fingerprint density at radius 2 is 1.07 bits per heavy atom. The van der Waals surface area contributed by atoms with E-state index in [9.17, 15) is 18.4 Å². The number of ether oxygens (including phenoxy) is 4. The molecule has 0 bridgehead atoms. The van der Waals surface area contributed by atoms with Crippen molar-refractivity contribution in [2.75, 3.05) is 66.8 Å². The molecule has 0 radical (unpaired) electrons. The maximum absolute atomic E-state index is 14.4. The highest BCUT2D eigenvalue weighted by atomic mass is 19.1. The van der Waals surface area contributed by atoms with Gasteiger partial charge in [-0.1, -0.05) is 13.8 Å². The molecule has 10 heterocycles. The van der Waals surface area contributed by atoms with E-state index in [2.05, 4.69) is 20.2 Å². The van der Waals surface area contributed by atoms with Crippen LogP contribution >= 0.6 is 0 Å². The van der Waals surface area contributed by atoms with Crippen LogP contribution < -0.4 is 9.47 Å². The molecule has 10 rings (SSSR count). The van der Waals surface area contributed by atoms with Gasteiger partial charge in [-0.05, 0) is 37.5 Å². The molecule has 6 aromatic rings. The number of fused-ring (bicyclic) bond motifs is 2. The largest absolute Gasteiger partial charge is 0.479 e. The van der Waals surface area contributed by atoms with Crippen molar-refractivity contribution in [3.8, 4) is 45.6 Å². The second-order valence-electron chi connectivity index (χ2n) is 17.6. The first kappa shape index (κ1) is 46.6. The number of amides is 2. The summed E-state index contributed by atoms with van der Waals surface area (Å²) in [4.78, 5) is 36.0. The number of pyridine rings is 2. The summed E-state index contributed by atoms with van der Waals surface area (Å²) in [7, 11) is 2.78. The second-order valence-corrected chi connectivity index (χ2v) is 17.6. The van der Waals surface area contributed by atoms with Gasteiger partial charge in [-0.2, -0.15) is 20.4 Å². The number of nitrogens with zero attached hydrogens (tertiary/aromatic N) is 12. The van der Waals surface area contributed by atoms with Crippen LogP contribution in [0.15, 0.2) is 49.3 Å². The van der Waals surface area contributed by atoms with Crippen LogP contribution in [-0.4, -0.2) is 138 Å². The number of carbonyl (C=O) groups is 2. The number of carbonyl (C=O) groups excluding carboxylic acids is 2. The Morgan fingerprint density at radius 3 is 1.47 bits per heavy atom. The van der Waals surface area contributed by atoms with Crippen LogP contribution in [0.4, 0.5) is 8.78 Å². The molecule has 0 aliphatic carbocycles. The van der Waals surface area contributed by atoms with Crippen LogP contribution in [0.25, 0.3) is 33.9 Å². The minimum atomic E-state index is -0.532. The van der Waals surface area contributed by atoms with Gasteiger partial charge < -0.3 is 28.7 Å². The lowest BCUT2D eigenvalue weighted by Gasteiger charge is -2.15. The molecule has 68 heavy (non-hydrogen) atoms. The molecule has 18 nitrogen and oxygen atoms in total. The van der Waals surface area contributed by atoms with Crippen molar-refractivity contribution >= 4 is 11.8 Å². The Bertz CT molecular complexity index is 2560. The van der Waals surface area contributed by atoms with Crippen LogP contribution in [-0.2, 0) is 57.8 Å². The molecular weight excluding hydrogens is 879 g/mol. The molecule has 2 saturated heterocycles. The normalized spacial score (nSPS) is 18.1. The third-order valence-corrected chi connectivity index (χ3v) is 13.2. The lowest BCUT2D eigenvalue weighted by molar-refractivity contribution is -0.130. The SMILES string of the molecule is CCC(=O)N1CC[C@@H](Cn2cc(-c3nn(-c4cnc(OC)c(F)c4)c4c3CCOCC4)cn2)C1.CCC(=O)N1CC[C@H](Cn2cc(-c3nn(-c4cnc(OC)c(F)c4)c4c3CCOCC4)cn2)C1. The van der Waals surface area contributed by atoms with Gasteiger partial charge in [0.05, 0.1) is 99.6 Å². The number of aromatic nitrogens is 10. The lowest BCUT2D eigenvalue weighted by atomic mass is 10.0. The Kier molecular flexibility index (Phi) is 14.2. The second kappa shape index (κ2) is 20.8. The van der Waals surface area contributed by atoms with Crippen molar-refractivity contribution in [2.45, 2.75) is 78.3 Å². The van der Waals surface area contributed by atoms with Crippen LogP contribution in [0.1, 0.15) is 62.0 Å². The number of halogens is 2. The topological polar surface area (TPSA) is 175 Å². The summed E-state index contributed by atoms with van der Waals surface area (Å²) in [6, 6.07) is 2.78. The molecule has 4 aliphatic rings. The molecule has 0 unspecified atom stereocenters. The highest BCUT2D eigenvalue weighted by Crippen LogP contribution is 2.33. The van der Waals surface area contributed by atoms with Gasteiger partial charge in [-0.15, -0.1) is 0 Å². The summed E-state index contributed by atoms with van der Waals surface area (Å²) in [6.07, 6.45) is 16.7. The first-order chi connectivity index (χ1) is 33.1. The van der Waals surface area contributed by atoms with Gasteiger partial charge in [-0.25, -0.2) is 28.1 Å². The first-order valence-electron chi connectivity index (χ1n) is 23.5. The van der Waals surface area contributed by atoms with E-state index in [-0.39, 0.29) is 23.6 Å². The number of rotatable bonds is 12. The Balaban J connectivity index is 0.000000170. The summed E-state index contributed by atoms with van der Waals surface area (Å²) in [5, 5.41) is 18.9. The van der Waals surface area contributed by atoms with Crippen molar-refractivity contribution in [3.05, 3.63) is 83.5 Å². The fourth-order valence-electron chi connectivity index (χ4n) is 9.72. The van der Waals surface area contributed by atoms with Crippen LogP contribution in [0.3, 0.4) is 0 Å². The molecule has 20 heteroatoms. The summed E-state index contributed by atoms with van der Waals surface area (Å²) in [6.45, 7) is 10.9. The number of hydrogen-bond donors (Lipinski definition) is 0. The van der Waals surface area contributed by atoms with E-state index in [1.54, 1.807) is 21.8 Å². The molecular formula is C48H58F2N12O6. The molecule has 2 atom stereocenters. The lowest BCUT2D eigenvalue weighted by Crippen LogP contribution is -2.28. The van der Waals surface area contributed by atoms with Crippen molar-refractivity contribution in [1.82, 2.24) is 58.9 Å². The molecule has 360 valence electrons. The van der Waals surface area contributed by atoms with Gasteiger partial charge in [-0.3, -0.25) is 19.0 Å². The quantitative estimate of drug-likeness (QED) is 0.155. The monoisotopic (exact) mass is 936 g/mol. The van der Waals surface area contributed by atoms with Gasteiger partial charge >= 0.3 is 0 Å². The minimum Gasteiger partial charge on any atom is -0.479 e. The summed E-state index contributed by atoms with van der Waals surface area (Å²) in [5.41, 5.74) is 8.75. The summed E-state index contributed by atoms with van der Waals surface area (Å²) >= 11 is 0. The number of hydrogen-bond acceptors (Lipinski definition) is 12.